The lowest BCUT2D eigenvalue weighted by Crippen LogP contribution is -2.25. The van der Waals surface area contributed by atoms with E-state index in [1.54, 1.807) is 26.5 Å². The highest BCUT2D eigenvalue weighted by atomic mass is 16.5. The Morgan fingerprint density at radius 1 is 0.857 bits per heavy atom. The van der Waals surface area contributed by atoms with Crippen LogP contribution in [0.25, 0.3) is 10.9 Å². The Bertz CT molecular complexity index is 1250. The SMILES string of the molecule is CCCCOc1nc(N(Cc2ccc(OC)cc2)Cc2ccc(OC)cc2)nc2cc[nH]c(=O)c12. The molecule has 0 spiro atoms. The number of anilines is 1. The van der Waals surface area contributed by atoms with Gasteiger partial charge in [-0.05, 0) is 47.9 Å². The van der Waals surface area contributed by atoms with Crippen LogP contribution in [0.4, 0.5) is 5.95 Å². The molecule has 0 unspecified atom stereocenters. The molecule has 182 valence electrons. The number of aromatic amines is 1. The summed E-state index contributed by atoms with van der Waals surface area (Å²) in [6.45, 7) is 3.68. The van der Waals surface area contributed by atoms with Crippen LogP contribution in [-0.4, -0.2) is 35.8 Å². The van der Waals surface area contributed by atoms with Crippen LogP contribution in [0, 0.1) is 0 Å². The Morgan fingerprint density at radius 2 is 1.46 bits per heavy atom. The Hall–Kier alpha value is -4.07. The fraction of sp³-hybridized carbons (Fsp3) is 0.296. The van der Waals surface area contributed by atoms with Crippen molar-refractivity contribution >= 4 is 16.9 Å². The molecule has 4 rings (SSSR count). The molecule has 0 saturated carbocycles. The summed E-state index contributed by atoms with van der Waals surface area (Å²) in [5, 5.41) is 0.362. The molecule has 0 aliphatic carbocycles. The van der Waals surface area contributed by atoms with Crippen molar-refractivity contribution in [3.05, 3.63) is 82.3 Å². The summed E-state index contributed by atoms with van der Waals surface area (Å²) in [7, 11) is 3.30. The van der Waals surface area contributed by atoms with E-state index in [0.29, 0.717) is 42.4 Å². The molecular weight excluding hydrogens is 444 g/mol. The van der Waals surface area contributed by atoms with Crippen molar-refractivity contribution in [2.75, 3.05) is 25.7 Å². The Balaban J connectivity index is 1.75. The van der Waals surface area contributed by atoms with E-state index in [2.05, 4.69) is 16.8 Å². The van der Waals surface area contributed by atoms with Gasteiger partial charge in [0.2, 0.25) is 11.8 Å². The second kappa shape index (κ2) is 11.4. The first-order valence-electron chi connectivity index (χ1n) is 11.6. The van der Waals surface area contributed by atoms with Crippen molar-refractivity contribution in [3.63, 3.8) is 0 Å². The summed E-state index contributed by atoms with van der Waals surface area (Å²) in [6.07, 6.45) is 3.44. The van der Waals surface area contributed by atoms with Crippen LogP contribution in [0.2, 0.25) is 0 Å². The maximum Gasteiger partial charge on any atom is 0.262 e. The number of hydrogen-bond acceptors (Lipinski definition) is 7. The first-order chi connectivity index (χ1) is 17.1. The largest absolute Gasteiger partial charge is 0.497 e. The van der Waals surface area contributed by atoms with Gasteiger partial charge in [-0.25, -0.2) is 4.98 Å². The van der Waals surface area contributed by atoms with E-state index in [9.17, 15) is 4.79 Å². The fourth-order valence-corrected chi connectivity index (χ4v) is 3.71. The van der Waals surface area contributed by atoms with Gasteiger partial charge in [-0.3, -0.25) is 4.79 Å². The number of unbranched alkanes of at least 4 members (excludes halogenated alkanes) is 1. The predicted octanol–water partition coefficient (Wildman–Crippen LogP) is 4.72. The van der Waals surface area contributed by atoms with Crippen LogP contribution in [0.1, 0.15) is 30.9 Å². The monoisotopic (exact) mass is 474 g/mol. The highest BCUT2D eigenvalue weighted by Crippen LogP contribution is 2.26. The van der Waals surface area contributed by atoms with Crippen molar-refractivity contribution in [2.45, 2.75) is 32.9 Å². The summed E-state index contributed by atoms with van der Waals surface area (Å²) in [5.74, 6) is 2.38. The molecule has 2 aromatic heterocycles. The molecule has 35 heavy (non-hydrogen) atoms. The number of nitrogens with zero attached hydrogens (tertiary/aromatic N) is 3. The minimum absolute atomic E-state index is 0.266. The summed E-state index contributed by atoms with van der Waals surface area (Å²) >= 11 is 0. The molecule has 2 heterocycles. The number of nitrogens with one attached hydrogen (secondary N) is 1. The van der Waals surface area contributed by atoms with Gasteiger partial charge in [0, 0.05) is 19.3 Å². The van der Waals surface area contributed by atoms with Gasteiger partial charge in [-0.1, -0.05) is 37.6 Å². The third-order valence-electron chi connectivity index (χ3n) is 5.66. The summed E-state index contributed by atoms with van der Waals surface area (Å²) in [5.41, 5.74) is 2.42. The van der Waals surface area contributed by atoms with Gasteiger partial charge in [0.15, 0.2) is 0 Å². The van der Waals surface area contributed by atoms with Crippen molar-refractivity contribution in [2.24, 2.45) is 0 Å². The third-order valence-corrected chi connectivity index (χ3v) is 5.66. The molecule has 8 heteroatoms. The van der Waals surface area contributed by atoms with Crippen molar-refractivity contribution in [3.8, 4) is 17.4 Å². The lowest BCUT2D eigenvalue weighted by molar-refractivity contribution is 0.301. The van der Waals surface area contributed by atoms with Gasteiger partial charge in [0.25, 0.3) is 5.56 Å². The molecule has 0 atom stereocenters. The van der Waals surface area contributed by atoms with E-state index in [-0.39, 0.29) is 5.56 Å². The van der Waals surface area contributed by atoms with Crippen LogP contribution >= 0.6 is 0 Å². The summed E-state index contributed by atoms with van der Waals surface area (Å²) in [6, 6.07) is 17.6. The van der Waals surface area contributed by atoms with Crippen molar-refractivity contribution in [1.82, 2.24) is 15.0 Å². The van der Waals surface area contributed by atoms with E-state index < -0.39 is 0 Å². The highest BCUT2D eigenvalue weighted by Gasteiger charge is 2.18. The number of pyridine rings is 1. The zero-order valence-corrected chi connectivity index (χ0v) is 20.3. The predicted molar refractivity (Wildman–Crippen MR) is 136 cm³/mol. The number of methoxy groups -OCH3 is 2. The molecule has 8 nitrogen and oxygen atoms in total. The van der Waals surface area contributed by atoms with Crippen LogP contribution in [-0.2, 0) is 13.1 Å². The van der Waals surface area contributed by atoms with E-state index in [0.717, 1.165) is 35.5 Å². The average molecular weight is 475 g/mol. The topological polar surface area (TPSA) is 89.6 Å². The molecular formula is C27H30N4O4. The number of ether oxygens (including phenoxy) is 3. The quantitative estimate of drug-likeness (QED) is 0.315. The fourth-order valence-electron chi connectivity index (χ4n) is 3.71. The maximum atomic E-state index is 12.6. The highest BCUT2D eigenvalue weighted by molar-refractivity contribution is 5.83. The number of fused-ring (bicyclic) bond motifs is 1. The molecule has 0 radical (unpaired) electrons. The van der Waals surface area contributed by atoms with Crippen LogP contribution in [0.15, 0.2) is 65.6 Å². The summed E-state index contributed by atoms with van der Waals surface area (Å²) in [4.78, 5) is 26.8. The van der Waals surface area contributed by atoms with Crippen LogP contribution in [0.3, 0.4) is 0 Å². The first-order valence-corrected chi connectivity index (χ1v) is 11.6. The standard InChI is InChI=1S/C27H30N4O4/c1-4-5-16-35-26-24-23(14-15-28-25(24)32)29-27(30-26)31(17-19-6-10-21(33-2)11-7-19)18-20-8-12-22(34-3)13-9-20/h6-15H,4-5,16-18H2,1-3H3,(H,28,32). The second-order valence-electron chi connectivity index (χ2n) is 8.15. The number of hydrogen-bond donors (Lipinski definition) is 1. The molecule has 2 aromatic carbocycles. The zero-order valence-electron chi connectivity index (χ0n) is 20.3. The lowest BCUT2D eigenvalue weighted by atomic mass is 10.1. The molecule has 0 fully saturated rings. The van der Waals surface area contributed by atoms with Crippen molar-refractivity contribution < 1.29 is 14.2 Å². The normalized spacial score (nSPS) is 10.8. The Kier molecular flexibility index (Phi) is 7.82. The van der Waals surface area contributed by atoms with Gasteiger partial charge < -0.3 is 24.1 Å². The minimum Gasteiger partial charge on any atom is -0.497 e. The number of rotatable bonds is 11. The number of H-pyrrole nitrogens is 1. The van der Waals surface area contributed by atoms with Gasteiger partial charge in [-0.15, -0.1) is 0 Å². The lowest BCUT2D eigenvalue weighted by Gasteiger charge is -2.24. The average Bonchev–Trinajstić information content (AvgIpc) is 2.89. The van der Waals surface area contributed by atoms with Gasteiger partial charge >= 0.3 is 0 Å². The molecule has 1 N–H and O–H groups in total. The number of aromatic nitrogens is 3. The van der Waals surface area contributed by atoms with Crippen molar-refractivity contribution in [1.29, 1.82) is 0 Å². The third kappa shape index (κ3) is 5.90. The smallest absolute Gasteiger partial charge is 0.262 e. The van der Waals surface area contributed by atoms with Gasteiger partial charge in [-0.2, -0.15) is 4.98 Å². The molecule has 0 amide bonds. The van der Waals surface area contributed by atoms with Crippen LogP contribution < -0.4 is 24.7 Å². The van der Waals surface area contributed by atoms with Crippen LogP contribution in [0.5, 0.6) is 17.4 Å². The molecule has 0 aliphatic heterocycles. The van der Waals surface area contributed by atoms with E-state index in [1.165, 1.54) is 0 Å². The molecule has 0 bridgehead atoms. The first kappa shape index (κ1) is 24.1. The Morgan fingerprint density at radius 3 is 2.00 bits per heavy atom. The molecule has 4 aromatic rings. The second-order valence-corrected chi connectivity index (χ2v) is 8.15. The summed E-state index contributed by atoms with van der Waals surface area (Å²) < 4.78 is 16.6. The van der Waals surface area contributed by atoms with E-state index in [1.807, 2.05) is 48.5 Å². The van der Waals surface area contributed by atoms with Gasteiger partial charge in [0.1, 0.15) is 16.9 Å². The number of benzene rings is 2. The minimum atomic E-state index is -0.266. The zero-order chi connectivity index (χ0) is 24.6. The van der Waals surface area contributed by atoms with Gasteiger partial charge in [0.05, 0.1) is 26.3 Å². The van der Waals surface area contributed by atoms with E-state index in [4.69, 9.17) is 24.2 Å². The molecule has 0 saturated heterocycles. The van der Waals surface area contributed by atoms with E-state index >= 15 is 0 Å². The maximum absolute atomic E-state index is 12.6. The molecule has 0 aliphatic rings. The Labute approximate surface area is 204 Å².